The zero-order valence-electron chi connectivity index (χ0n) is 11.6. The zero-order valence-corrected chi connectivity index (χ0v) is 14.0. The number of halogens is 1. The molecule has 21 heavy (non-hydrogen) atoms. The van der Waals surface area contributed by atoms with Gasteiger partial charge in [0, 0.05) is 11.5 Å². The van der Waals surface area contributed by atoms with Crippen LogP contribution in [-0.2, 0) is 23.2 Å². The lowest BCUT2D eigenvalue weighted by Crippen LogP contribution is -2.06. The van der Waals surface area contributed by atoms with E-state index >= 15 is 0 Å². The maximum atomic E-state index is 11.1. The first-order valence-electron chi connectivity index (χ1n) is 6.06. The summed E-state index contributed by atoms with van der Waals surface area (Å²) in [6, 6.07) is 7.55. The third kappa shape index (κ3) is 4.47. The molecule has 0 N–H and O–H groups in total. The van der Waals surface area contributed by atoms with Gasteiger partial charge < -0.3 is 14.0 Å². The highest BCUT2D eigenvalue weighted by Gasteiger charge is 2.12. The van der Waals surface area contributed by atoms with E-state index in [0.29, 0.717) is 17.6 Å². The fraction of sp³-hybridized carbons (Fsp3) is 0.308. The number of nitrogens with zero attached hydrogens (tertiary/aromatic N) is 3. The van der Waals surface area contributed by atoms with Crippen molar-refractivity contribution in [2.45, 2.75) is 11.8 Å². The molecular weight excluding hydrogens is 358 g/mol. The van der Waals surface area contributed by atoms with Crippen molar-refractivity contribution >= 4 is 33.7 Å². The normalized spacial score (nSPS) is 10.4. The van der Waals surface area contributed by atoms with Crippen LogP contribution in [-0.4, -0.2) is 33.6 Å². The third-order valence-corrected chi connectivity index (χ3v) is 4.18. The molecule has 1 aromatic heterocycles. The van der Waals surface area contributed by atoms with E-state index in [1.165, 1.54) is 18.9 Å². The molecule has 0 radical (unpaired) electrons. The number of hydrogen-bond donors (Lipinski definition) is 0. The lowest BCUT2D eigenvalue weighted by Gasteiger charge is -2.06. The Morgan fingerprint density at radius 3 is 2.71 bits per heavy atom. The molecule has 6 nitrogen and oxygen atoms in total. The summed E-state index contributed by atoms with van der Waals surface area (Å²) in [7, 11) is 3.19. The number of hydrogen-bond acceptors (Lipinski definition) is 6. The number of methoxy groups -OCH3 is 1. The van der Waals surface area contributed by atoms with Gasteiger partial charge in [0.1, 0.15) is 12.4 Å². The topological polar surface area (TPSA) is 66.2 Å². The van der Waals surface area contributed by atoms with Gasteiger partial charge in [0.15, 0.2) is 11.0 Å². The molecular formula is C13H14BrN3O3S. The predicted octanol–water partition coefficient (Wildman–Crippen LogP) is 2.42. The molecule has 0 saturated carbocycles. The predicted molar refractivity (Wildman–Crippen MR) is 82.2 cm³/mol. The average molecular weight is 372 g/mol. The molecule has 0 atom stereocenters. The summed E-state index contributed by atoms with van der Waals surface area (Å²) in [5.74, 6) is 1.35. The molecule has 0 aliphatic rings. The Bertz CT molecular complexity index is 616. The van der Waals surface area contributed by atoms with Crippen LogP contribution < -0.4 is 4.74 Å². The van der Waals surface area contributed by atoms with Crippen molar-refractivity contribution in [1.82, 2.24) is 14.8 Å². The maximum Gasteiger partial charge on any atom is 0.316 e. The highest BCUT2D eigenvalue weighted by Crippen LogP contribution is 2.19. The first-order chi connectivity index (χ1) is 10.1. The Hall–Kier alpha value is -1.54. The lowest BCUT2D eigenvalue weighted by molar-refractivity contribution is -0.137. The Balaban J connectivity index is 1.93. The van der Waals surface area contributed by atoms with Gasteiger partial charge in [-0.2, -0.15) is 0 Å². The van der Waals surface area contributed by atoms with Gasteiger partial charge >= 0.3 is 5.97 Å². The molecule has 112 valence electrons. The van der Waals surface area contributed by atoms with Crippen LogP contribution >= 0.6 is 27.7 Å². The molecule has 1 aromatic carbocycles. The molecule has 0 aliphatic heterocycles. The summed E-state index contributed by atoms with van der Waals surface area (Å²) in [5.41, 5.74) is 0. The molecule has 0 saturated heterocycles. The minimum atomic E-state index is -0.296. The van der Waals surface area contributed by atoms with Crippen LogP contribution in [0.25, 0.3) is 0 Å². The van der Waals surface area contributed by atoms with E-state index in [9.17, 15) is 4.79 Å². The van der Waals surface area contributed by atoms with Crippen LogP contribution in [0.2, 0.25) is 0 Å². The molecule has 0 aliphatic carbocycles. The lowest BCUT2D eigenvalue weighted by atomic mass is 10.3. The smallest absolute Gasteiger partial charge is 0.316 e. The summed E-state index contributed by atoms with van der Waals surface area (Å²) in [4.78, 5) is 11.1. The van der Waals surface area contributed by atoms with E-state index in [0.717, 1.165) is 10.2 Å². The molecule has 8 heteroatoms. The number of aromatic nitrogens is 3. The summed E-state index contributed by atoms with van der Waals surface area (Å²) in [6.07, 6.45) is 0. The van der Waals surface area contributed by atoms with Crippen molar-refractivity contribution in [3.63, 3.8) is 0 Å². The van der Waals surface area contributed by atoms with Crippen molar-refractivity contribution in [2.24, 2.45) is 7.05 Å². The van der Waals surface area contributed by atoms with Gasteiger partial charge in [-0.25, -0.2) is 0 Å². The van der Waals surface area contributed by atoms with Crippen LogP contribution in [0.4, 0.5) is 0 Å². The minimum absolute atomic E-state index is 0.204. The van der Waals surface area contributed by atoms with E-state index in [4.69, 9.17) is 4.74 Å². The van der Waals surface area contributed by atoms with E-state index in [1.807, 2.05) is 31.3 Å². The second-order valence-electron chi connectivity index (χ2n) is 4.07. The Morgan fingerprint density at radius 1 is 1.33 bits per heavy atom. The van der Waals surface area contributed by atoms with Crippen LogP contribution in [0.1, 0.15) is 5.82 Å². The minimum Gasteiger partial charge on any atom is -0.486 e. The SMILES string of the molecule is COC(=O)CSc1nnc(COc2ccc(Br)cc2)n1C. The second kappa shape index (κ2) is 7.46. The number of esters is 1. The number of carbonyl (C=O) groups excluding carboxylic acids is 1. The van der Waals surface area contributed by atoms with E-state index < -0.39 is 0 Å². The Labute approximate surface area is 135 Å². The van der Waals surface area contributed by atoms with E-state index in [-0.39, 0.29) is 11.7 Å². The fourth-order valence-electron chi connectivity index (χ4n) is 1.46. The van der Waals surface area contributed by atoms with Crippen molar-refractivity contribution in [1.29, 1.82) is 0 Å². The standard InChI is InChI=1S/C13H14BrN3O3S/c1-17-11(7-20-10-5-3-9(14)4-6-10)15-16-13(17)21-8-12(18)19-2/h3-6H,7-8H2,1-2H3. The van der Waals surface area contributed by atoms with Crippen LogP contribution in [0.3, 0.4) is 0 Å². The summed E-state index contributed by atoms with van der Waals surface area (Å²) in [6.45, 7) is 0.309. The van der Waals surface area contributed by atoms with Crippen molar-refractivity contribution in [3.05, 3.63) is 34.6 Å². The number of thioether (sulfide) groups is 1. The molecule has 0 unspecified atom stereocenters. The van der Waals surface area contributed by atoms with Gasteiger partial charge in [-0.15, -0.1) is 10.2 Å². The second-order valence-corrected chi connectivity index (χ2v) is 5.92. The van der Waals surface area contributed by atoms with Crippen LogP contribution in [0.15, 0.2) is 33.9 Å². The molecule has 2 rings (SSSR count). The monoisotopic (exact) mass is 371 g/mol. The van der Waals surface area contributed by atoms with Gasteiger partial charge in [0.05, 0.1) is 12.9 Å². The third-order valence-electron chi connectivity index (χ3n) is 2.65. The van der Waals surface area contributed by atoms with E-state index in [2.05, 4.69) is 30.9 Å². The summed E-state index contributed by atoms with van der Waals surface area (Å²) in [5, 5.41) is 8.73. The number of ether oxygens (including phenoxy) is 2. The van der Waals surface area contributed by atoms with Gasteiger partial charge in [0.2, 0.25) is 0 Å². The quantitative estimate of drug-likeness (QED) is 0.573. The number of benzene rings is 1. The van der Waals surface area contributed by atoms with Crippen LogP contribution in [0.5, 0.6) is 5.75 Å². The fourth-order valence-corrected chi connectivity index (χ4v) is 2.48. The molecule has 0 bridgehead atoms. The highest BCUT2D eigenvalue weighted by atomic mass is 79.9. The van der Waals surface area contributed by atoms with Gasteiger partial charge in [-0.05, 0) is 24.3 Å². The Morgan fingerprint density at radius 2 is 2.05 bits per heavy atom. The molecule has 0 spiro atoms. The zero-order chi connectivity index (χ0) is 15.2. The molecule has 0 amide bonds. The number of rotatable bonds is 6. The first kappa shape index (κ1) is 15.8. The molecule has 2 aromatic rings. The summed E-state index contributed by atoms with van der Waals surface area (Å²) >= 11 is 4.65. The van der Waals surface area contributed by atoms with E-state index in [1.54, 1.807) is 4.57 Å². The van der Waals surface area contributed by atoms with Gasteiger partial charge in [-0.1, -0.05) is 27.7 Å². The van der Waals surface area contributed by atoms with Crippen LogP contribution in [0, 0.1) is 0 Å². The highest BCUT2D eigenvalue weighted by molar-refractivity contribution is 9.10. The van der Waals surface area contributed by atoms with Crippen molar-refractivity contribution in [2.75, 3.05) is 12.9 Å². The Kier molecular flexibility index (Phi) is 5.63. The van der Waals surface area contributed by atoms with Crippen molar-refractivity contribution in [3.8, 4) is 5.75 Å². The van der Waals surface area contributed by atoms with Gasteiger partial charge in [0.25, 0.3) is 0 Å². The van der Waals surface area contributed by atoms with Gasteiger partial charge in [-0.3, -0.25) is 4.79 Å². The summed E-state index contributed by atoms with van der Waals surface area (Å²) < 4.78 is 13.0. The number of carbonyl (C=O) groups is 1. The largest absolute Gasteiger partial charge is 0.486 e. The van der Waals surface area contributed by atoms with Crippen molar-refractivity contribution < 1.29 is 14.3 Å². The first-order valence-corrected chi connectivity index (χ1v) is 7.84. The average Bonchev–Trinajstić information content (AvgIpc) is 2.85. The molecule has 0 fully saturated rings. The maximum absolute atomic E-state index is 11.1. The molecule has 1 heterocycles.